The fourth-order valence-electron chi connectivity index (χ4n) is 1.87. The first-order chi connectivity index (χ1) is 8.95. The lowest BCUT2D eigenvalue weighted by Gasteiger charge is -2.27. The number of hydrogen-bond acceptors (Lipinski definition) is 3. The molecule has 2 N–H and O–H groups in total. The van der Waals surface area contributed by atoms with Crippen LogP contribution in [0.4, 0.5) is 5.69 Å². The molecule has 0 bridgehead atoms. The molecule has 0 radical (unpaired) electrons. The molecule has 3 nitrogen and oxygen atoms in total. The van der Waals surface area contributed by atoms with Crippen LogP contribution in [0.1, 0.15) is 19.4 Å². The fourth-order valence-corrected chi connectivity index (χ4v) is 2.38. The summed E-state index contributed by atoms with van der Waals surface area (Å²) in [6.45, 7) is 6.83. The number of thiocarbonyl (C=S) groups is 1. The number of hydrogen-bond donors (Lipinski definition) is 1. The van der Waals surface area contributed by atoms with Crippen molar-refractivity contribution in [1.29, 1.82) is 0 Å². The Morgan fingerprint density at radius 2 is 2.16 bits per heavy atom. The van der Waals surface area contributed by atoms with Crippen LogP contribution in [0.25, 0.3) is 0 Å². The average Bonchev–Trinajstić information content (AvgIpc) is 2.33. The zero-order chi connectivity index (χ0) is 14.4. The summed E-state index contributed by atoms with van der Waals surface area (Å²) in [5, 5.41) is 0.594. The number of rotatable bonds is 7. The molecular formula is C14H21ClN2OS. The van der Waals surface area contributed by atoms with E-state index in [1.54, 1.807) is 7.11 Å². The molecule has 5 heteroatoms. The van der Waals surface area contributed by atoms with Crippen molar-refractivity contribution in [3.8, 4) is 0 Å². The first-order valence-electron chi connectivity index (χ1n) is 6.29. The summed E-state index contributed by atoms with van der Waals surface area (Å²) < 4.78 is 5.15. The number of benzene rings is 1. The Bertz CT molecular complexity index is 437. The van der Waals surface area contributed by atoms with Gasteiger partial charge >= 0.3 is 0 Å². The van der Waals surface area contributed by atoms with Crippen LogP contribution in [0.3, 0.4) is 0 Å². The van der Waals surface area contributed by atoms with E-state index in [2.05, 4.69) is 18.7 Å². The van der Waals surface area contributed by atoms with Gasteiger partial charge in [0.1, 0.15) is 4.99 Å². The van der Waals surface area contributed by atoms with Crippen LogP contribution in [-0.2, 0) is 4.74 Å². The van der Waals surface area contributed by atoms with Gasteiger partial charge in [0.05, 0.1) is 11.6 Å². The van der Waals surface area contributed by atoms with Gasteiger partial charge in [-0.3, -0.25) is 0 Å². The molecule has 19 heavy (non-hydrogen) atoms. The molecule has 0 atom stereocenters. The van der Waals surface area contributed by atoms with Crippen molar-refractivity contribution in [2.45, 2.75) is 13.8 Å². The van der Waals surface area contributed by atoms with Gasteiger partial charge in [0, 0.05) is 31.5 Å². The Kier molecular flexibility index (Phi) is 6.55. The van der Waals surface area contributed by atoms with Crippen LogP contribution in [-0.4, -0.2) is 31.8 Å². The first-order valence-corrected chi connectivity index (χ1v) is 7.07. The highest BCUT2D eigenvalue weighted by atomic mass is 35.5. The monoisotopic (exact) mass is 300 g/mol. The summed E-state index contributed by atoms with van der Waals surface area (Å²) in [6, 6.07) is 5.78. The molecule has 0 fully saturated rings. The molecule has 1 aromatic carbocycles. The standard InChI is InChI=1S/C14H21ClN2OS/c1-10(2)9-17(6-7-18-3)11-4-5-12(14(16)19)13(15)8-11/h4-5,8,10H,6-7,9H2,1-3H3,(H2,16,19). The Morgan fingerprint density at radius 1 is 1.47 bits per heavy atom. The van der Waals surface area contributed by atoms with E-state index in [0.29, 0.717) is 22.5 Å². The molecule has 1 rings (SSSR count). The molecule has 0 heterocycles. The molecule has 0 aromatic heterocycles. The second kappa shape index (κ2) is 7.68. The molecule has 0 aliphatic rings. The van der Waals surface area contributed by atoms with E-state index in [9.17, 15) is 0 Å². The normalized spacial score (nSPS) is 10.8. The molecule has 0 aliphatic carbocycles. The molecule has 0 amide bonds. The van der Waals surface area contributed by atoms with Gasteiger partial charge in [0.25, 0.3) is 0 Å². The van der Waals surface area contributed by atoms with Gasteiger partial charge in [0.15, 0.2) is 0 Å². The van der Waals surface area contributed by atoms with E-state index in [0.717, 1.165) is 24.3 Å². The Balaban J connectivity index is 2.95. The van der Waals surface area contributed by atoms with Gasteiger partial charge < -0.3 is 15.4 Å². The largest absolute Gasteiger partial charge is 0.389 e. The third kappa shape index (κ3) is 4.97. The van der Waals surface area contributed by atoms with E-state index < -0.39 is 0 Å². The molecule has 0 spiro atoms. The molecular weight excluding hydrogens is 280 g/mol. The Hall–Kier alpha value is -0.840. The van der Waals surface area contributed by atoms with E-state index >= 15 is 0 Å². The minimum atomic E-state index is 0.323. The SMILES string of the molecule is COCCN(CC(C)C)c1ccc(C(N)=S)c(Cl)c1. The van der Waals surface area contributed by atoms with Gasteiger partial charge in [0.2, 0.25) is 0 Å². The zero-order valence-corrected chi connectivity index (χ0v) is 13.2. The van der Waals surface area contributed by atoms with Crippen LogP contribution in [0.15, 0.2) is 18.2 Å². The summed E-state index contributed by atoms with van der Waals surface area (Å²) in [7, 11) is 1.70. The van der Waals surface area contributed by atoms with Gasteiger partial charge in [-0.1, -0.05) is 37.7 Å². The second-order valence-electron chi connectivity index (χ2n) is 4.86. The maximum Gasteiger partial charge on any atom is 0.105 e. The molecule has 0 saturated heterocycles. The van der Waals surface area contributed by atoms with E-state index in [1.807, 2.05) is 18.2 Å². The Morgan fingerprint density at radius 3 is 2.63 bits per heavy atom. The highest BCUT2D eigenvalue weighted by molar-refractivity contribution is 7.80. The van der Waals surface area contributed by atoms with Crippen molar-refractivity contribution in [3.05, 3.63) is 28.8 Å². The van der Waals surface area contributed by atoms with Crippen LogP contribution in [0, 0.1) is 5.92 Å². The van der Waals surface area contributed by atoms with Gasteiger partial charge in [-0.15, -0.1) is 0 Å². The van der Waals surface area contributed by atoms with Crippen molar-refractivity contribution >= 4 is 34.5 Å². The molecule has 0 aliphatic heterocycles. The number of anilines is 1. The van der Waals surface area contributed by atoms with E-state index in [-0.39, 0.29) is 0 Å². The molecule has 0 saturated carbocycles. The highest BCUT2D eigenvalue weighted by Crippen LogP contribution is 2.24. The predicted molar refractivity (Wildman–Crippen MR) is 86.3 cm³/mol. The highest BCUT2D eigenvalue weighted by Gasteiger charge is 2.11. The van der Waals surface area contributed by atoms with Crippen molar-refractivity contribution in [1.82, 2.24) is 0 Å². The minimum Gasteiger partial charge on any atom is -0.389 e. The maximum atomic E-state index is 6.21. The molecule has 106 valence electrons. The van der Waals surface area contributed by atoms with Crippen molar-refractivity contribution in [2.24, 2.45) is 11.7 Å². The van der Waals surface area contributed by atoms with Crippen molar-refractivity contribution in [2.75, 3.05) is 31.7 Å². The van der Waals surface area contributed by atoms with Crippen molar-refractivity contribution < 1.29 is 4.74 Å². The van der Waals surface area contributed by atoms with Crippen molar-refractivity contribution in [3.63, 3.8) is 0 Å². The maximum absolute atomic E-state index is 6.21. The molecule has 0 unspecified atom stereocenters. The summed E-state index contributed by atoms with van der Waals surface area (Å²) in [5.74, 6) is 0.561. The lowest BCUT2D eigenvalue weighted by Crippen LogP contribution is -2.31. The predicted octanol–water partition coefficient (Wildman–Crippen LogP) is 3.08. The van der Waals surface area contributed by atoms with Crippen LogP contribution < -0.4 is 10.6 Å². The third-order valence-electron chi connectivity index (χ3n) is 2.73. The number of methoxy groups -OCH3 is 1. The minimum absolute atomic E-state index is 0.323. The fraction of sp³-hybridized carbons (Fsp3) is 0.500. The summed E-state index contributed by atoms with van der Waals surface area (Å²) in [5.41, 5.74) is 7.40. The van der Waals surface area contributed by atoms with Crippen LogP contribution in [0.2, 0.25) is 5.02 Å². The zero-order valence-electron chi connectivity index (χ0n) is 11.6. The van der Waals surface area contributed by atoms with E-state index in [1.165, 1.54) is 0 Å². The lowest BCUT2D eigenvalue weighted by molar-refractivity contribution is 0.204. The third-order valence-corrected chi connectivity index (χ3v) is 3.27. The van der Waals surface area contributed by atoms with Crippen LogP contribution >= 0.6 is 23.8 Å². The first kappa shape index (κ1) is 16.2. The summed E-state index contributed by atoms with van der Waals surface area (Å²) in [6.07, 6.45) is 0. The smallest absolute Gasteiger partial charge is 0.105 e. The second-order valence-corrected chi connectivity index (χ2v) is 5.71. The lowest BCUT2D eigenvalue weighted by atomic mass is 10.1. The number of ether oxygens (including phenoxy) is 1. The quantitative estimate of drug-likeness (QED) is 0.786. The summed E-state index contributed by atoms with van der Waals surface area (Å²) in [4.78, 5) is 2.58. The summed E-state index contributed by atoms with van der Waals surface area (Å²) >= 11 is 11.2. The van der Waals surface area contributed by atoms with Gasteiger partial charge in [-0.2, -0.15) is 0 Å². The topological polar surface area (TPSA) is 38.5 Å². The van der Waals surface area contributed by atoms with Gasteiger partial charge in [-0.25, -0.2) is 0 Å². The molecule has 1 aromatic rings. The van der Waals surface area contributed by atoms with Crippen LogP contribution in [0.5, 0.6) is 0 Å². The number of halogens is 1. The average molecular weight is 301 g/mol. The Labute approximate surface area is 125 Å². The van der Waals surface area contributed by atoms with Gasteiger partial charge in [-0.05, 0) is 24.1 Å². The number of nitrogens with zero attached hydrogens (tertiary/aromatic N) is 1. The number of nitrogens with two attached hydrogens (primary N) is 1. The van der Waals surface area contributed by atoms with E-state index in [4.69, 9.17) is 34.3 Å².